The van der Waals surface area contributed by atoms with E-state index in [9.17, 15) is 19.8 Å². The van der Waals surface area contributed by atoms with Gasteiger partial charge in [0.25, 0.3) is 0 Å². The van der Waals surface area contributed by atoms with Gasteiger partial charge in [-0.15, -0.1) is 11.8 Å². The number of amides is 2. The molecule has 33 heavy (non-hydrogen) atoms. The van der Waals surface area contributed by atoms with Crippen LogP contribution in [0.25, 0.3) is 10.9 Å². The Balaban J connectivity index is 1.69. The van der Waals surface area contributed by atoms with E-state index in [1.807, 2.05) is 12.1 Å². The van der Waals surface area contributed by atoms with Crippen LogP contribution in [-0.2, 0) is 9.54 Å². The number of aromatic amines is 1. The number of methoxy groups -OCH3 is 1. The number of hydrogen-bond donors (Lipinski definition) is 5. The molecule has 5 N–H and O–H groups in total. The Kier molecular flexibility index (Phi) is 4.71. The van der Waals surface area contributed by atoms with E-state index in [1.54, 1.807) is 18.3 Å². The van der Waals surface area contributed by atoms with Crippen molar-refractivity contribution >= 4 is 34.7 Å². The fourth-order valence-electron chi connectivity index (χ4n) is 3.94. The SMILES string of the molecule is COc1ccc(C2(C(=O)O)SC=C3NC(=O)NC(O)=C32)c(F)c1Oc1c[nH]c2ccccc12. The van der Waals surface area contributed by atoms with E-state index in [2.05, 4.69) is 15.6 Å². The number of benzene rings is 2. The summed E-state index contributed by atoms with van der Waals surface area (Å²) < 4.78 is 25.1. The molecule has 0 bridgehead atoms. The molecule has 5 rings (SSSR count). The Morgan fingerprint density at radius 3 is 2.70 bits per heavy atom. The molecular formula is C22H16FN3O6S. The summed E-state index contributed by atoms with van der Waals surface area (Å²) in [6.45, 7) is 0. The summed E-state index contributed by atoms with van der Waals surface area (Å²) in [7, 11) is 1.34. The number of hydrogen-bond acceptors (Lipinski definition) is 6. The Hall–Kier alpha value is -4.12. The summed E-state index contributed by atoms with van der Waals surface area (Å²) in [6, 6.07) is 9.16. The maximum Gasteiger partial charge on any atom is 0.329 e. The van der Waals surface area contributed by atoms with Crippen LogP contribution in [0.15, 0.2) is 65.2 Å². The monoisotopic (exact) mass is 469 g/mol. The number of H-pyrrole nitrogens is 1. The van der Waals surface area contributed by atoms with Crippen LogP contribution in [-0.4, -0.2) is 34.3 Å². The Morgan fingerprint density at radius 2 is 1.94 bits per heavy atom. The highest BCUT2D eigenvalue weighted by molar-refractivity contribution is 8.04. The lowest BCUT2D eigenvalue weighted by atomic mass is 9.87. The van der Waals surface area contributed by atoms with Crippen LogP contribution < -0.4 is 20.1 Å². The van der Waals surface area contributed by atoms with E-state index in [1.165, 1.54) is 24.7 Å². The number of carbonyl (C=O) groups excluding carboxylic acids is 1. The second-order valence-corrected chi connectivity index (χ2v) is 8.28. The summed E-state index contributed by atoms with van der Waals surface area (Å²) in [5, 5.41) is 27.2. The summed E-state index contributed by atoms with van der Waals surface area (Å²) in [6.07, 6.45) is 1.56. The number of carboxylic acids is 1. The molecule has 2 aromatic carbocycles. The first-order valence-electron chi connectivity index (χ1n) is 9.61. The molecular weight excluding hydrogens is 453 g/mol. The third kappa shape index (κ3) is 3.00. The Labute approximate surface area is 189 Å². The van der Waals surface area contributed by atoms with Gasteiger partial charge in [0.15, 0.2) is 27.9 Å². The average Bonchev–Trinajstić information content (AvgIpc) is 3.37. The highest BCUT2D eigenvalue weighted by atomic mass is 32.2. The van der Waals surface area contributed by atoms with Crippen LogP contribution >= 0.6 is 11.8 Å². The first-order valence-corrected chi connectivity index (χ1v) is 10.5. The predicted octanol–water partition coefficient (Wildman–Crippen LogP) is 4.06. The first-order chi connectivity index (χ1) is 15.9. The molecule has 168 valence electrons. The summed E-state index contributed by atoms with van der Waals surface area (Å²) >= 11 is 0.732. The average molecular weight is 469 g/mol. The zero-order valence-electron chi connectivity index (χ0n) is 16.9. The number of allylic oxidation sites excluding steroid dienone is 1. The third-order valence-electron chi connectivity index (χ3n) is 5.42. The van der Waals surface area contributed by atoms with E-state index in [0.717, 1.165) is 17.3 Å². The number of para-hydroxylation sites is 1. The number of fused-ring (bicyclic) bond motifs is 2. The maximum absolute atomic E-state index is 16.0. The summed E-state index contributed by atoms with van der Waals surface area (Å²) in [4.78, 5) is 27.3. The number of aliphatic hydroxyl groups is 1. The zero-order valence-corrected chi connectivity index (χ0v) is 17.7. The summed E-state index contributed by atoms with van der Waals surface area (Å²) in [5.74, 6) is -3.06. The molecule has 0 aliphatic carbocycles. The van der Waals surface area contributed by atoms with Gasteiger partial charge < -0.3 is 30.0 Å². The van der Waals surface area contributed by atoms with Crippen molar-refractivity contribution in [1.82, 2.24) is 15.6 Å². The molecule has 11 heteroatoms. The van der Waals surface area contributed by atoms with Crippen molar-refractivity contribution in [2.45, 2.75) is 4.75 Å². The number of aromatic nitrogens is 1. The smallest absolute Gasteiger partial charge is 0.329 e. The van der Waals surface area contributed by atoms with Crippen molar-refractivity contribution in [2.75, 3.05) is 7.11 Å². The minimum absolute atomic E-state index is 0.0477. The van der Waals surface area contributed by atoms with Crippen molar-refractivity contribution in [3.63, 3.8) is 0 Å². The Morgan fingerprint density at radius 1 is 1.15 bits per heavy atom. The molecule has 0 spiro atoms. The van der Waals surface area contributed by atoms with Gasteiger partial charge >= 0.3 is 12.0 Å². The number of aliphatic carboxylic acids is 1. The molecule has 2 amide bonds. The number of urea groups is 1. The van der Waals surface area contributed by atoms with Crippen molar-refractivity contribution in [3.8, 4) is 17.2 Å². The molecule has 3 aromatic rings. The predicted molar refractivity (Wildman–Crippen MR) is 118 cm³/mol. The maximum atomic E-state index is 16.0. The van der Waals surface area contributed by atoms with Crippen molar-refractivity contribution in [3.05, 3.63) is 76.5 Å². The van der Waals surface area contributed by atoms with Gasteiger partial charge in [-0.05, 0) is 29.7 Å². The number of rotatable bonds is 5. The molecule has 1 unspecified atom stereocenters. The molecule has 3 heterocycles. The first kappa shape index (κ1) is 20.8. The lowest BCUT2D eigenvalue weighted by Gasteiger charge is -2.30. The number of carboxylic acid groups (broad SMARTS) is 1. The van der Waals surface area contributed by atoms with Crippen molar-refractivity contribution in [2.24, 2.45) is 0 Å². The normalized spacial score (nSPS) is 19.6. The topological polar surface area (TPSA) is 133 Å². The van der Waals surface area contributed by atoms with Gasteiger partial charge in [-0.25, -0.2) is 14.0 Å². The van der Waals surface area contributed by atoms with E-state index in [4.69, 9.17) is 9.47 Å². The molecule has 0 radical (unpaired) electrons. The van der Waals surface area contributed by atoms with Crippen molar-refractivity contribution < 1.29 is 33.7 Å². The van der Waals surface area contributed by atoms with Gasteiger partial charge in [0, 0.05) is 22.7 Å². The van der Waals surface area contributed by atoms with E-state index in [0.29, 0.717) is 11.1 Å². The van der Waals surface area contributed by atoms with Gasteiger partial charge in [-0.2, -0.15) is 0 Å². The minimum atomic E-state index is -2.09. The van der Waals surface area contributed by atoms with Crippen LogP contribution in [0, 0.1) is 5.82 Å². The number of ether oxygens (including phenoxy) is 2. The van der Waals surface area contributed by atoms with Gasteiger partial charge in [-0.1, -0.05) is 12.1 Å². The number of nitrogens with one attached hydrogen (secondary N) is 3. The second-order valence-electron chi connectivity index (χ2n) is 7.20. The van der Waals surface area contributed by atoms with Gasteiger partial charge in [-0.3, -0.25) is 5.32 Å². The lowest BCUT2D eigenvalue weighted by molar-refractivity contribution is -0.139. The van der Waals surface area contributed by atoms with Crippen LogP contribution in [0.3, 0.4) is 0 Å². The standard InChI is InChI=1S/C22H16FN3O6S/c1-31-14-7-6-11(17(23)18(14)32-15-8-24-12-5-3-2-4-10(12)15)22(20(28)29)16-13(9-33-22)25-21(30)26-19(16)27/h2-9,24,27H,1H3,(H,28,29)(H2,25,26,30). The minimum Gasteiger partial charge on any atom is -0.494 e. The van der Waals surface area contributed by atoms with Crippen LogP contribution in [0.4, 0.5) is 9.18 Å². The van der Waals surface area contributed by atoms with Crippen LogP contribution in [0.1, 0.15) is 5.56 Å². The molecule has 2 aliphatic heterocycles. The van der Waals surface area contributed by atoms with Crippen LogP contribution in [0.2, 0.25) is 0 Å². The lowest BCUT2D eigenvalue weighted by Crippen LogP contribution is -2.45. The fourth-order valence-corrected chi connectivity index (χ4v) is 5.12. The highest BCUT2D eigenvalue weighted by Crippen LogP contribution is 2.55. The van der Waals surface area contributed by atoms with Gasteiger partial charge in [0.1, 0.15) is 0 Å². The van der Waals surface area contributed by atoms with Crippen LogP contribution in [0.5, 0.6) is 17.2 Å². The quantitative estimate of drug-likeness (QED) is 0.381. The largest absolute Gasteiger partial charge is 0.494 e. The molecule has 0 fully saturated rings. The molecule has 2 aliphatic rings. The molecule has 0 saturated heterocycles. The van der Waals surface area contributed by atoms with E-state index in [-0.39, 0.29) is 28.3 Å². The zero-order chi connectivity index (χ0) is 23.3. The van der Waals surface area contributed by atoms with E-state index >= 15 is 4.39 Å². The number of aliphatic hydroxyl groups excluding tert-OH is 1. The number of carbonyl (C=O) groups is 2. The van der Waals surface area contributed by atoms with Gasteiger partial charge in [0.2, 0.25) is 5.75 Å². The number of halogens is 1. The molecule has 1 atom stereocenters. The third-order valence-corrected chi connectivity index (χ3v) is 6.72. The molecule has 0 saturated carbocycles. The Bertz CT molecular complexity index is 1400. The molecule has 1 aromatic heterocycles. The molecule has 9 nitrogen and oxygen atoms in total. The number of thioether (sulfide) groups is 1. The fraction of sp³-hybridized carbons (Fsp3) is 0.0909. The highest BCUT2D eigenvalue weighted by Gasteiger charge is 2.55. The second kappa shape index (κ2) is 7.48. The van der Waals surface area contributed by atoms with Crippen molar-refractivity contribution in [1.29, 1.82) is 0 Å². The van der Waals surface area contributed by atoms with Gasteiger partial charge in [0.05, 0.1) is 18.4 Å². The summed E-state index contributed by atoms with van der Waals surface area (Å²) in [5.41, 5.74) is 0.366. The van der Waals surface area contributed by atoms with E-state index < -0.39 is 28.4 Å².